The number of alkyl halides is 6. The predicted molar refractivity (Wildman–Crippen MR) is 134 cm³/mol. The molecule has 1 aromatic heterocycles. The van der Waals surface area contributed by atoms with Gasteiger partial charge in [0.25, 0.3) is 0 Å². The summed E-state index contributed by atoms with van der Waals surface area (Å²) in [6, 6.07) is 3.13. The van der Waals surface area contributed by atoms with Crippen molar-refractivity contribution in [2.24, 2.45) is 5.92 Å². The van der Waals surface area contributed by atoms with E-state index in [1.807, 2.05) is 13.0 Å². The van der Waals surface area contributed by atoms with Gasteiger partial charge in [0.15, 0.2) is 0 Å². The van der Waals surface area contributed by atoms with E-state index in [1.54, 1.807) is 0 Å². The SMILES string of the molecule is CCN(CC1CCCC1)c1nc2c(cc1CN(Cc1cc(C(F)(F)F)cc(C(F)(F)F)c1)C(=O)O)CCCC2. The minimum Gasteiger partial charge on any atom is -0.465 e. The summed E-state index contributed by atoms with van der Waals surface area (Å²) in [5.74, 6) is 1.15. The number of aromatic nitrogens is 1. The van der Waals surface area contributed by atoms with Gasteiger partial charge in [-0.25, -0.2) is 9.78 Å². The Kier molecular flexibility index (Phi) is 8.66. The number of benzene rings is 1. The maximum absolute atomic E-state index is 13.4. The third kappa shape index (κ3) is 7.16. The average molecular weight is 558 g/mol. The monoisotopic (exact) mass is 557 g/mol. The van der Waals surface area contributed by atoms with Crippen molar-refractivity contribution >= 4 is 11.9 Å². The molecule has 1 N–H and O–H groups in total. The summed E-state index contributed by atoms with van der Waals surface area (Å²) in [4.78, 5) is 20.2. The van der Waals surface area contributed by atoms with Crippen molar-refractivity contribution in [2.45, 2.75) is 83.7 Å². The third-order valence-corrected chi connectivity index (χ3v) is 7.64. The lowest BCUT2D eigenvalue weighted by Gasteiger charge is -2.31. The topological polar surface area (TPSA) is 56.7 Å². The highest BCUT2D eigenvalue weighted by atomic mass is 19.4. The molecule has 1 fully saturated rings. The van der Waals surface area contributed by atoms with Crippen molar-refractivity contribution in [1.29, 1.82) is 0 Å². The van der Waals surface area contributed by atoms with Crippen molar-refractivity contribution in [3.63, 3.8) is 0 Å². The van der Waals surface area contributed by atoms with Crippen LogP contribution in [0.1, 0.15) is 79.0 Å². The number of halogens is 6. The Labute approximate surface area is 223 Å². The number of carboxylic acid groups (broad SMARTS) is 1. The van der Waals surface area contributed by atoms with Crippen LogP contribution in [0.4, 0.5) is 37.0 Å². The second kappa shape index (κ2) is 11.6. The van der Waals surface area contributed by atoms with E-state index < -0.39 is 36.1 Å². The molecule has 0 unspecified atom stereocenters. The lowest BCUT2D eigenvalue weighted by atomic mass is 9.94. The van der Waals surface area contributed by atoms with Gasteiger partial charge in [0.1, 0.15) is 5.82 Å². The summed E-state index contributed by atoms with van der Waals surface area (Å²) >= 11 is 0. The molecule has 4 rings (SSSR count). The van der Waals surface area contributed by atoms with E-state index in [0.717, 1.165) is 74.1 Å². The molecule has 39 heavy (non-hydrogen) atoms. The maximum atomic E-state index is 13.4. The van der Waals surface area contributed by atoms with Gasteiger partial charge in [0, 0.05) is 30.9 Å². The van der Waals surface area contributed by atoms with Gasteiger partial charge in [-0.05, 0) is 86.8 Å². The highest BCUT2D eigenvalue weighted by Crippen LogP contribution is 2.37. The van der Waals surface area contributed by atoms with Crippen molar-refractivity contribution in [1.82, 2.24) is 9.88 Å². The molecule has 0 radical (unpaired) electrons. The largest absolute Gasteiger partial charge is 0.465 e. The zero-order valence-electron chi connectivity index (χ0n) is 21.8. The quantitative estimate of drug-likeness (QED) is 0.338. The molecule has 0 spiro atoms. The second-order valence-electron chi connectivity index (χ2n) is 10.5. The molecule has 2 aliphatic carbocycles. The average Bonchev–Trinajstić information content (AvgIpc) is 3.38. The van der Waals surface area contributed by atoms with Gasteiger partial charge in [-0.1, -0.05) is 12.8 Å². The zero-order chi connectivity index (χ0) is 28.4. The van der Waals surface area contributed by atoms with E-state index in [-0.39, 0.29) is 18.2 Å². The number of rotatable bonds is 8. The number of pyridine rings is 1. The summed E-state index contributed by atoms with van der Waals surface area (Å²) in [6.07, 6.45) is -3.34. The fraction of sp³-hybridized carbons (Fsp3) is 0.571. The fourth-order valence-electron chi connectivity index (χ4n) is 5.66. The lowest BCUT2D eigenvalue weighted by molar-refractivity contribution is -0.143. The molecule has 2 aromatic rings. The molecular weight excluding hydrogens is 524 g/mol. The normalized spacial score (nSPS) is 16.3. The van der Waals surface area contributed by atoms with Crippen LogP contribution in [0.25, 0.3) is 0 Å². The molecule has 0 atom stereocenters. The standard InChI is InChI=1S/C28H33F6N3O2/c1-2-36(15-18-7-3-4-8-18)25-21(13-20-9-5-6-10-24(20)35-25)17-37(26(38)39)16-19-11-22(27(29,30)31)14-23(12-19)28(32,33)34/h11-14,18H,2-10,15-17H2,1H3,(H,38,39). The molecule has 1 aromatic carbocycles. The van der Waals surface area contributed by atoms with Crippen LogP contribution in [0.15, 0.2) is 24.3 Å². The highest BCUT2D eigenvalue weighted by Gasteiger charge is 2.37. The van der Waals surface area contributed by atoms with Crippen LogP contribution >= 0.6 is 0 Å². The minimum absolute atomic E-state index is 0.0439. The van der Waals surface area contributed by atoms with Gasteiger partial charge in [-0.2, -0.15) is 26.3 Å². The fourth-order valence-corrected chi connectivity index (χ4v) is 5.66. The van der Waals surface area contributed by atoms with Crippen LogP contribution in [-0.4, -0.2) is 34.2 Å². The molecular formula is C28H33F6N3O2. The molecule has 11 heteroatoms. The molecule has 0 saturated heterocycles. The molecule has 214 valence electrons. The highest BCUT2D eigenvalue weighted by molar-refractivity contribution is 5.66. The summed E-state index contributed by atoms with van der Waals surface area (Å²) in [6.45, 7) is 2.57. The number of nitrogens with zero attached hydrogens (tertiary/aromatic N) is 3. The molecule has 1 heterocycles. The number of fused-ring (bicyclic) bond motifs is 1. The first-order valence-electron chi connectivity index (χ1n) is 13.4. The summed E-state index contributed by atoms with van der Waals surface area (Å²) in [7, 11) is 0. The Morgan fingerprint density at radius 3 is 2.10 bits per heavy atom. The Morgan fingerprint density at radius 2 is 1.54 bits per heavy atom. The van der Waals surface area contributed by atoms with E-state index >= 15 is 0 Å². The Balaban J connectivity index is 1.69. The zero-order valence-corrected chi connectivity index (χ0v) is 21.8. The van der Waals surface area contributed by atoms with E-state index in [1.165, 1.54) is 0 Å². The maximum Gasteiger partial charge on any atom is 0.416 e. The van der Waals surface area contributed by atoms with Crippen LogP contribution in [-0.2, 0) is 38.3 Å². The van der Waals surface area contributed by atoms with Crippen LogP contribution in [0.5, 0.6) is 0 Å². The molecule has 1 saturated carbocycles. The van der Waals surface area contributed by atoms with Crippen molar-refractivity contribution < 1.29 is 36.2 Å². The summed E-state index contributed by atoms with van der Waals surface area (Å²) < 4.78 is 80.3. The van der Waals surface area contributed by atoms with Crippen molar-refractivity contribution in [3.8, 4) is 0 Å². The van der Waals surface area contributed by atoms with Gasteiger partial charge in [-0.3, -0.25) is 4.90 Å². The smallest absolute Gasteiger partial charge is 0.416 e. The number of anilines is 1. The Bertz CT molecular complexity index is 1140. The number of aryl methyl sites for hydroxylation is 2. The van der Waals surface area contributed by atoms with Crippen LogP contribution in [0.2, 0.25) is 0 Å². The van der Waals surface area contributed by atoms with Crippen LogP contribution < -0.4 is 4.90 Å². The van der Waals surface area contributed by atoms with Crippen molar-refractivity contribution in [2.75, 3.05) is 18.0 Å². The van der Waals surface area contributed by atoms with E-state index in [9.17, 15) is 36.2 Å². The first-order valence-corrected chi connectivity index (χ1v) is 13.4. The Hall–Kier alpha value is -2.98. The lowest BCUT2D eigenvalue weighted by Crippen LogP contribution is -2.33. The predicted octanol–water partition coefficient (Wildman–Crippen LogP) is 7.69. The molecule has 2 aliphatic rings. The van der Waals surface area contributed by atoms with Gasteiger partial charge in [0.2, 0.25) is 0 Å². The Morgan fingerprint density at radius 1 is 0.923 bits per heavy atom. The van der Waals surface area contributed by atoms with Gasteiger partial charge in [0.05, 0.1) is 17.7 Å². The van der Waals surface area contributed by atoms with Gasteiger partial charge < -0.3 is 10.0 Å². The molecule has 5 nitrogen and oxygen atoms in total. The number of carbonyl (C=O) groups is 1. The molecule has 1 amide bonds. The first kappa shape index (κ1) is 29.0. The van der Waals surface area contributed by atoms with Crippen molar-refractivity contribution in [3.05, 3.63) is 57.8 Å². The van der Waals surface area contributed by atoms with Crippen LogP contribution in [0, 0.1) is 5.92 Å². The van der Waals surface area contributed by atoms with E-state index in [4.69, 9.17) is 4.98 Å². The number of hydrogen-bond acceptors (Lipinski definition) is 3. The third-order valence-electron chi connectivity index (χ3n) is 7.64. The molecule has 0 bridgehead atoms. The minimum atomic E-state index is -5.01. The van der Waals surface area contributed by atoms with E-state index in [2.05, 4.69) is 4.90 Å². The van der Waals surface area contributed by atoms with E-state index in [0.29, 0.717) is 36.0 Å². The number of amides is 1. The first-order chi connectivity index (χ1) is 18.3. The summed E-state index contributed by atoms with van der Waals surface area (Å²) in [5.41, 5.74) is -0.726. The van der Waals surface area contributed by atoms with Crippen LogP contribution in [0.3, 0.4) is 0 Å². The molecule has 0 aliphatic heterocycles. The van der Waals surface area contributed by atoms with Gasteiger partial charge in [-0.15, -0.1) is 0 Å². The second-order valence-corrected chi connectivity index (χ2v) is 10.5. The summed E-state index contributed by atoms with van der Waals surface area (Å²) in [5, 5.41) is 9.96. The van der Waals surface area contributed by atoms with Gasteiger partial charge >= 0.3 is 18.4 Å². The number of hydrogen-bond donors (Lipinski definition) is 1.